The molecule has 1 aromatic heterocycles. The molecule has 3 aromatic rings. The Hall–Kier alpha value is -3.26. The lowest BCUT2D eigenvalue weighted by Gasteiger charge is -2.15. The van der Waals surface area contributed by atoms with Gasteiger partial charge in [0.2, 0.25) is 0 Å². The van der Waals surface area contributed by atoms with Gasteiger partial charge in [-0.2, -0.15) is 0 Å². The van der Waals surface area contributed by atoms with Gasteiger partial charge in [0.15, 0.2) is 16.4 Å². The van der Waals surface area contributed by atoms with Gasteiger partial charge in [-0.3, -0.25) is 4.79 Å². The lowest BCUT2D eigenvalue weighted by Crippen LogP contribution is -2.38. The number of para-hydroxylation sites is 1. The number of fused-ring (bicyclic) bond motifs is 1. The molecule has 2 aromatic carbocycles. The van der Waals surface area contributed by atoms with Crippen molar-refractivity contribution in [2.24, 2.45) is 0 Å². The van der Waals surface area contributed by atoms with Crippen molar-refractivity contribution in [2.75, 3.05) is 18.1 Å². The molecular formula is C23H22N2O5S. The van der Waals surface area contributed by atoms with E-state index in [1.807, 2.05) is 55.5 Å². The van der Waals surface area contributed by atoms with Gasteiger partial charge in [0, 0.05) is 17.0 Å². The normalized spacial score (nSPS) is 17.4. The summed E-state index contributed by atoms with van der Waals surface area (Å²) in [5.41, 5.74) is 3.23. The standard InChI is InChI=1S/C23H22N2O5S/c1-15-21(23(27)30-13-20(26)24-17-11-12-31(28,29)14-17)18-9-5-6-10-19(18)25-22(15)16-7-3-2-4-8-16/h2-10,17H,11-14H2,1H3,(H,24,26). The molecule has 1 fully saturated rings. The molecular weight excluding hydrogens is 416 g/mol. The first-order chi connectivity index (χ1) is 14.8. The summed E-state index contributed by atoms with van der Waals surface area (Å²) in [5.74, 6) is -1.17. The molecule has 8 heteroatoms. The lowest BCUT2D eigenvalue weighted by molar-refractivity contribution is -0.124. The van der Waals surface area contributed by atoms with Crippen LogP contribution in [0.1, 0.15) is 22.3 Å². The summed E-state index contributed by atoms with van der Waals surface area (Å²) < 4.78 is 28.4. The van der Waals surface area contributed by atoms with Crippen LogP contribution >= 0.6 is 0 Å². The topological polar surface area (TPSA) is 102 Å². The van der Waals surface area contributed by atoms with Crippen molar-refractivity contribution in [3.63, 3.8) is 0 Å². The Morgan fingerprint density at radius 2 is 1.81 bits per heavy atom. The maximum absolute atomic E-state index is 13.0. The van der Waals surface area contributed by atoms with E-state index in [2.05, 4.69) is 5.32 Å². The molecule has 0 aliphatic carbocycles. The molecule has 1 saturated heterocycles. The number of esters is 1. The largest absolute Gasteiger partial charge is 0.452 e. The van der Waals surface area contributed by atoms with Crippen molar-refractivity contribution < 1.29 is 22.7 Å². The van der Waals surface area contributed by atoms with Crippen molar-refractivity contribution in [1.29, 1.82) is 0 Å². The second kappa shape index (κ2) is 8.47. The minimum atomic E-state index is -3.11. The zero-order valence-electron chi connectivity index (χ0n) is 17.0. The molecule has 1 unspecified atom stereocenters. The maximum atomic E-state index is 13.0. The number of hydrogen-bond acceptors (Lipinski definition) is 6. The highest BCUT2D eigenvalue weighted by Gasteiger charge is 2.29. The molecule has 1 N–H and O–H groups in total. The fourth-order valence-corrected chi connectivity index (χ4v) is 5.50. The number of nitrogens with zero attached hydrogens (tertiary/aromatic N) is 1. The number of pyridine rings is 1. The molecule has 2 heterocycles. The van der Waals surface area contributed by atoms with E-state index in [0.717, 1.165) is 5.56 Å². The third-order valence-electron chi connectivity index (χ3n) is 5.32. The predicted octanol–water partition coefficient (Wildman–Crippen LogP) is 2.67. The van der Waals surface area contributed by atoms with E-state index in [0.29, 0.717) is 34.1 Å². The van der Waals surface area contributed by atoms with Crippen LogP contribution in [-0.4, -0.2) is 49.4 Å². The first-order valence-corrected chi connectivity index (χ1v) is 11.8. The number of hydrogen-bond donors (Lipinski definition) is 1. The molecule has 7 nitrogen and oxygen atoms in total. The van der Waals surface area contributed by atoms with Gasteiger partial charge in [0.25, 0.3) is 5.91 Å². The van der Waals surface area contributed by atoms with Gasteiger partial charge in [0.05, 0.1) is 28.3 Å². The van der Waals surface area contributed by atoms with Gasteiger partial charge in [-0.1, -0.05) is 48.5 Å². The van der Waals surface area contributed by atoms with Gasteiger partial charge in [0.1, 0.15) is 0 Å². The maximum Gasteiger partial charge on any atom is 0.339 e. The number of amides is 1. The van der Waals surface area contributed by atoms with E-state index in [1.165, 1.54) is 0 Å². The van der Waals surface area contributed by atoms with Crippen LogP contribution in [0.5, 0.6) is 0 Å². The van der Waals surface area contributed by atoms with Gasteiger partial charge in [-0.15, -0.1) is 0 Å². The van der Waals surface area contributed by atoms with E-state index in [4.69, 9.17) is 9.72 Å². The minimum Gasteiger partial charge on any atom is -0.452 e. The van der Waals surface area contributed by atoms with Crippen molar-refractivity contribution in [3.8, 4) is 11.3 Å². The average Bonchev–Trinajstić information content (AvgIpc) is 3.10. The molecule has 1 amide bonds. The minimum absolute atomic E-state index is 0.0577. The number of sulfone groups is 1. The van der Waals surface area contributed by atoms with Crippen molar-refractivity contribution in [3.05, 3.63) is 65.7 Å². The monoisotopic (exact) mass is 438 g/mol. The summed E-state index contributed by atoms with van der Waals surface area (Å²) in [6, 6.07) is 16.4. The number of carbonyl (C=O) groups is 2. The highest BCUT2D eigenvalue weighted by molar-refractivity contribution is 7.91. The number of nitrogens with one attached hydrogen (secondary N) is 1. The number of benzene rings is 2. The van der Waals surface area contributed by atoms with Gasteiger partial charge >= 0.3 is 5.97 Å². The number of aromatic nitrogens is 1. The summed E-state index contributed by atoms with van der Waals surface area (Å²) in [5, 5.41) is 3.27. The zero-order valence-corrected chi connectivity index (χ0v) is 17.8. The summed E-state index contributed by atoms with van der Waals surface area (Å²) in [6.45, 7) is 1.33. The Balaban J connectivity index is 1.57. The Kier molecular flexibility index (Phi) is 5.73. The fraction of sp³-hybridized carbons (Fsp3) is 0.261. The Labute approximate surface area is 180 Å². The third-order valence-corrected chi connectivity index (χ3v) is 7.09. The van der Waals surface area contributed by atoms with Crippen LogP contribution in [0.3, 0.4) is 0 Å². The smallest absolute Gasteiger partial charge is 0.339 e. The van der Waals surface area contributed by atoms with E-state index < -0.39 is 34.4 Å². The van der Waals surface area contributed by atoms with Crippen LogP contribution < -0.4 is 5.32 Å². The highest BCUT2D eigenvalue weighted by Crippen LogP contribution is 2.30. The predicted molar refractivity (Wildman–Crippen MR) is 117 cm³/mol. The van der Waals surface area contributed by atoms with Crippen LogP contribution in [0.4, 0.5) is 0 Å². The number of carbonyl (C=O) groups excluding carboxylic acids is 2. The quantitative estimate of drug-likeness (QED) is 0.615. The molecule has 1 aliphatic heterocycles. The van der Waals surface area contributed by atoms with Crippen molar-refractivity contribution in [1.82, 2.24) is 10.3 Å². The van der Waals surface area contributed by atoms with Crippen LogP contribution in [-0.2, 0) is 19.4 Å². The van der Waals surface area contributed by atoms with Gasteiger partial charge in [-0.25, -0.2) is 18.2 Å². The molecule has 1 aliphatic rings. The SMILES string of the molecule is Cc1c(-c2ccccc2)nc2ccccc2c1C(=O)OCC(=O)NC1CCS(=O)(=O)C1. The number of ether oxygens (including phenoxy) is 1. The molecule has 4 rings (SSSR count). The Morgan fingerprint density at radius 1 is 1.10 bits per heavy atom. The van der Waals surface area contributed by atoms with E-state index in [9.17, 15) is 18.0 Å². The summed E-state index contributed by atoms with van der Waals surface area (Å²) in [4.78, 5) is 29.9. The van der Waals surface area contributed by atoms with Gasteiger partial charge < -0.3 is 10.1 Å². The van der Waals surface area contributed by atoms with Crippen LogP contribution in [0, 0.1) is 6.92 Å². The Morgan fingerprint density at radius 3 is 2.52 bits per heavy atom. The Bertz CT molecular complexity index is 1260. The first kappa shape index (κ1) is 21.0. The van der Waals surface area contributed by atoms with Crippen LogP contribution in [0.15, 0.2) is 54.6 Å². The zero-order chi connectivity index (χ0) is 22.0. The lowest BCUT2D eigenvalue weighted by atomic mass is 9.98. The molecule has 1 atom stereocenters. The first-order valence-electron chi connectivity index (χ1n) is 9.96. The molecule has 160 valence electrons. The summed E-state index contributed by atoms with van der Waals surface area (Å²) in [6.07, 6.45) is 0.372. The van der Waals surface area contributed by atoms with Gasteiger partial charge in [-0.05, 0) is 25.0 Å². The van der Waals surface area contributed by atoms with E-state index in [1.54, 1.807) is 6.07 Å². The molecule has 31 heavy (non-hydrogen) atoms. The summed E-state index contributed by atoms with van der Waals surface area (Å²) >= 11 is 0. The average molecular weight is 439 g/mol. The van der Waals surface area contributed by atoms with Crippen LogP contribution in [0.2, 0.25) is 0 Å². The molecule has 0 bridgehead atoms. The van der Waals surface area contributed by atoms with E-state index in [-0.39, 0.29) is 11.5 Å². The second-order valence-electron chi connectivity index (χ2n) is 7.59. The third kappa shape index (κ3) is 4.59. The second-order valence-corrected chi connectivity index (χ2v) is 9.82. The van der Waals surface area contributed by atoms with Crippen LogP contribution in [0.25, 0.3) is 22.2 Å². The molecule has 0 spiro atoms. The summed E-state index contributed by atoms with van der Waals surface area (Å²) in [7, 11) is -3.11. The molecule has 0 saturated carbocycles. The van der Waals surface area contributed by atoms with Crippen molar-refractivity contribution in [2.45, 2.75) is 19.4 Å². The number of rotatable bonds is 5. The fourth-order valence-electron chi connectivity index (χ4n) is 3.83. The highest BCUT2D eigenvalue weighted by atomic mass is 32.2. The molecule has 0 radical (unpaired) electrons. The van der Waals surface area contributed by atoms with E-state index >= 15 is 0 Å². The van der Waals surface area contributed by atoms with Crippen molar-refractivity contribution >= 4 is 32.6 Å².